The molecule has 0 atom stereocenters. The molecule has 1 nitrogen and oxygen atoms in total. The molecule has 0 amide bonds. The van der Waals surface area contributed by atoms with Gasteiger partial charge in [0.2, 0.25) is 0 Å². The molecule has 0 aliphatic rings. The first-order valence-corrected chi connectivity index (χ1v) is 4.76. The molecule has 0 heterocycles. The Morgan fingerprint density at radius 2 is 2.10 bits per heavy atom. The highest BCUT2D eigenvalue weighted by Crippen LogP contribution is 2.24. The van der Waals surface area contributed by atoms with E-state index >= 15 is 0 Å². The number of anilines is 1. The van der Waals surface area contributed by atoms with Gasteiger partial charge in [-0.05, 0) is 27.6 Å². The lowest BCUT2D eigenvalue weighted by molar-refractivity contribution is 1.42. The van der Waals surface area contributed by atoms with E-state index in [1.165, 1.54) is 0 Å². The fourth-order valence-electron chi connectivity index (χ4n) is 0.698. The van der Waals surface area contributed by atoms with Crippen molar-refractivity contribution < 1.29 is 0 Å². The van der Waals surface area contributed by atoms with E-state index in [-0.39, 0.29) is 0 Å². The van der Waals surface area contributed by atoms with E-state index in [1.54, 1.807) is 0 Å². The van der Waals surface area contributed by atoms with Gasteiger partial charge in [0.25, 0.3) is 0 Å². The molecule has 0 saturated heterocycles. The number of hydrogen-bond donors (Lipinski definition) is 1. The van der Waals surface area contributed by atoms with Crippen LogP contribution in [0.5, 0.6) is 0 Å². The Morgan fingerprint density at radius 3 is 2.60 bits per heavy atom. The maximum Gasteiger partial charge on any atom is 0.0499 e. The first kappa shape index (κ1) is 8.08. The summed E-state index contributed by atoms with van der Waals surface area (Å²) in [5, 5.41) is 0.804. The Balaban J connectivity index is 3.14. The van der Waals surface area contributed by atoms with E-state index < -0.39 is 0 Å². The highest BCUT2D eigenvalue weighted by atomic mass is 79.9. The van der Waals surface area contributed by atoms with Crippen molar-refractivity contribution in [3.63, 3.8) is 0 Å². The summed E-state index contributed by atoms with van der Waals surface area (Å²) in [6, 6.07) is 5.90. The number of nitrogen functional groups attached to an aromatic ring is 1. The molecular weight excluding hydrogens is 258 g/mol. The SMILES string of the molecule is Nc1c(Br)cccc1CBr. The third-order valence-electron chi connectivity index (χ3n) is 1.29. The van der Waals surface area contributed by atoms with Crippen LogP contribution in [0.25, 0.3) is 0 Å². The van der Waals surface area contributed by atoms with E-state index in [2.05, 4.69) is 31.9 Å². The molecule has 2 N–H and O–H groups in total. The van der Waals surface area contributed by atoms with E-state index in [0.29, 0.717) is 0 Å². The summed E-state index contributed by atoms with van der Waals surface area (Å²) < 4.78 is 0.962. The smallest absolute Gasteiger partial charge is 0.0499 e. The summed E-state index contributed by atoms with van der Waals surface area (Å²) in [7, 11) is 0. The molecule has 0 radical (unpaired) electrons. The number of benzene rings is 1. The average Bonchev–Trinajstić information content (AvgIpc) is 1.95. The topological polar surface area (TPSA) is 26.0 Å². The minimum Gasteiger partial charge on any atom is -0.398 e. The highest BCUT2D eigenvalue weighted by Gasteiger charge is 1.98. The molecule has 0 aliphatic carbocycles. The van der Waals surface area contributed by atoms with Gasteiger partial charge < -0.3 is 5.73 Å². The van der Waals surface area contributed by atoms with E-state index in [9.17, 15) is 0 Å². The van der Waals surface area contributed by atoms with Crippen LogP contribution in [0.4, 0.5) is 5.69 Å². The molecule has 1 aromatic carbocycles. The fraction of sp³-hybridized carbons (Fsp3) is 0.143. The third-order valence-corrected chi connectivity index (χ3v) is 2.58. The zero-order valence-corrected chi connectivity index (χ0v) is 8.44. The summed E-state index contributed by atoms with van der Waals surface area (Å²) in [4.78, 5) is 0. The molecular formula is C7H7Br2N. The molecule has 0 spiro atoms. The first-order chi connectivity index (χ1) is 4.75. The zero-order valence-electron chi connectivity index (χ0n) is 5.27. The molecule has 0 aliphatic heterocycles. The summed E-state index contributed by atoms with van der Waals surface area (Å²) in [6.45, 7) is 0. The van der Waals surface area contributed by atoms with Gasteiger partial charge in [0.1, 0.15) is 0 Å². The molecule has 1 aromatic rings. The van der Waals surface area contributed by atoms with Crippen molar-refractivity contribution in [2.45, 2.75) is 5.33 Å². The predicted octanol–water partition coefficient (Wildman–Crippen LogP) is 2.93. The van der Waals surface area contributed by atoms with Crippen molar-refractivity contribution in [3.8, 4) is 0 Å². The van der Waals surface area contributed by atoms with Gasteiger partial charge in [0.05, 0.1) is 0 Å². The molecule has 0 saturated carbocycles. The Bertz CT molecular complexity index is 235. The average molecular weight is 265 g/mol. The molecule has 10 heavy (non-hydrogen) atoms. The summed E-state index contributed by atoms with van der Waals surface area (Å²) in [5.74, 6) is 0. The monoisotopic (exact) mass is 263 g/mol. The normalized spacial score (nSPS) is 9.80. The number of para-hydroxylation sites is 1. The largest absolute Gasteiger partial charge is 0.398 e. The molecule has 0 bridgehead atoms. The van der Waals surface area contributed by atoms with E-state index in [1.807, 2.05) is 18.2 Å². The van der Waals surface area contributed by atoms with Gasteiger partial charge in [0, 0.05) is 15.5 Å². The van der Waals surface area contributed by atoms with E-state index in [4.69, 9.17) is 5.73 Å². The first-order valence-electron chi connectivity index (χ1n) is 2.84. The Labute approximate surface area is 76.9 Å². The molecule has 0 fully saturated rings. The van der Waals surface area contributed by atoms with Crippen LogP contribution in [-0.2, 0) is 5.33 Å². The van der Waals surface area contributed by atoms with Crippen molar-refractivity contribution in [2.24, 2.45) is 0 Å². The van der Waals surface area contributed by atoms with Crippen molar-refractivity contribution in [1.82, 2.24) is 0 Å². The standard InChI is InChI=1S/C7H7Br2N/c8-4-5-2-1-3-6(9)7(5)10/h1-3H,4,10H2. The van der Waals surface area contributed by atoms with Crippen LogP contribution in [-0.4, -0.2) is 0 Å². The number of rotatable bonds is 1. The Morgan fingerprint density at radius 1 is 1.40 bits per heavy atom. The minimum absolute atomic E-state index is 0.804. The van der Waals surface area contributed by atoms with Crippen molar-refractivity contribution >= 4 is 37.5 Å². The number of nitrogens with two attached hydrogens (primary N) is 1. The summed E-state index contributed by atoms with van der Waals surface area (Å²) in [5.41, 5.74) is 7.65. The maximum atomic E-state index is 5.72. The van der Waals surface area contributed by atoms with Crippen LogP contribution in [0.15, 0.2) is 22.7 Å². The van der Waals surface area contributed by atoms with Gasteiger partial charge >= 0.3 is 0 Å². The minimum atomic E-state index is 0.804. The molecule has 3 heteroatoms. The fourth-order valence-corrected chi connectivity index (χ4v) is 1.59. The Hall–Kier alpha value is -0.0200. The van der Waals surface area contributed by atoms with Crippen molar-refractivity contribution in [2.75, 3.05) is 5.73 Å². The van der Waals surface area contributed by atoms with E-state index in [0.717, 1.165) is 21.1 Å². The van der Waals surface area contributed by atoms with Gasteiger partial charge in [-0.3, -0.25) is 0 Å². The van der Waals surface area contributed by atoms with Gasteiger partial charge in [-0.1, -0.05) is 28.1 Å². The second-order valence-electron chi connectivity index (χ2n) is 1.95. The quantitative estimate of drug-likeness (QED) is 0.613. The highest BCUT2D eigenvalue weighted by molar-refractivity contribution is 9.10. The molecule has 0 unspecified atom stereocenters. The van der Waals surface area contributed by atoms with Gasteiger partial charge in [-0.15, -0.1) is 0 Å². The van der Waals surface area contributed by atoms with Crippen LogP contribution >= 0.6 is 31.9 Å². The third kappa shape index (κ3) is 1.52. The lowest BCUT2D eigenvalue weighted by Crippen LogP contribution is -1.91. The summed E-state index contributed by atoms with van der Waals surface area (Å²) >= 11 is 6.68. The van der Waals surface area contributed by atoms with Gasteiger partial charge in [-0.2, -0.15) is 0 Å². The van der Waals surface area contributed by atoms with Crippen molar-refractivity contribution in [3.05, 3.63) is 28.2 Å². The van der Waals surface area contributed by atoms with Crippen LogP contribution in [0.3, 0.4) is 0 Å². The van der Waals surface area contributed by atoms with Gasteiger partial charge in [0.15, 0.2) is 0 Å². The van der Waals surface area contributed by atoms with Crippen LogP contribution in [0, 0.1) is 0 Å². The molecule has 1 rings (SSSR count). The number of halogens is 2. The number of alkyl halides is 1. The Kier molecular flexibility index (Phi) is 2.74. The van der Waals surface area contributed by atoms with Crippen LogP contribution < -0.4 is 5.73 Å². The van der Waals surface area contributed by atoms with Crippen molar-refractivity contribution in [1.29, 1.82) is 0 Å². The molecule has 0 aromatic heterocycles. The zero-order chi connectivity index (χ0) is 7.56. The maximum absolute atomic E-state index is 5.72. The lowest BCUT2D eigenvalue weighted by atomic mass is 10.2. The molecule has 54 valence electrons. The second kappa shape index (κ2) is 3.39. The van der Waals surface area contributed by atoms with Crippen LogP contribution in [0.2, 0.25) is 0 Å². The predicted molar refractivity (Wildman–Crippen MR) is 51.2 cm³/mol. The lowest BCUT2D eigenvalue weighted by Gasteiger charge is -2.02. The second-order valence-corrected chi connectivity index (χ2v) is 3.36. The number of hydrogen-bond acceptors (Lipinski definition) is 1. The summed E-state index contributed by atoms with van der Waals surface area (Å²) in [6.07, 6.45) is 0. The van der Waals surface area contributed by atoms with Gasteiger partial charge in [-0.25, -0.2) is 0 Å². The van der Waals surface area contributed by atoms with Crippen LogP contribution in [0.1, 0.15) is 5.56 Å².